The van der Waals surface area contributed by atoms with Gasteiger partial charge in [0.15, 0.2) is 0 Å². The highest BCUT2D eigenvalue weighted by atomic mass is 32.2. The molecule has 28 heavy (non-hydrogen) atoms. The molecular weight excluding hydrogens is 366 g/mol. The van der Waals surface area contributed by atoms with E-state index in [1.807, 2.05) is 49.8 Å². The zero-order valence-corrected chi connectivity index (χ0v) is 18.0. The van der Waals surface area contributed by atoms with Gasteiger partial charge in [0, 0.05) is 34.6 Å². The van der Waals surface area contributed by atoms with Crippen LogP contribution in [-0.4, -0.2) is 15.7 Å². The molecule has 0 aliphatic carbocycles. The van der Waals surface area contributed by atoms with E-state index >= 15 is 0 Å². The van der Waals surface area contributed by atoms with E-state index in [-0.39, 0.29) is 5.91 Å². The first-order chi connectivity index (χ1) is 13.3. The summed E-state index contributed by atoms with van der Waals surface area (Å²) < 4.78 is 1.87. The molecule has 1 N–H and O–H groups in total. The van der Waals surface area contributed by atoms with E-state index in [1.165, 1.54) is 16.0 Å². The second-order valence-corrected chi connectivity index (χ2v) is 8.34. The fourth-order valence-electron chi connectivity index (χ4n) is 3.16. The van der Waals surface area contributed by atoms with Crippen LogP contribution in [0.4, 0.5) is 5.69 Å². The molecule has 1 heterocycles. The van der Waals surface area contributed by atoms with Gasteiger partial charge in [0.1, 0.15) is 0 Å². The number of carbonyl (C=O) groups is 1. The molecule has 0 atom stereocenters. The molecule has 146 valence electrons. The van der Waals surface area contributed by atoms with Gasteiger partial charge in [-0.05, 0) is 87.2 Å². The third-order valence-corrected chi connectivity index (χ3v) is 6.11. The van der Waals surface area contributed by atoms with Crippen molar-refractivity contribution in [2.75, 3.05) is 5.32 Å². The summed E-state index contributed by atoms with van der Waals surface area (Å²) >= 11 is 1.73. The van der Waals surface area contributed by atoms with E-state index in [2.05, 4.69) is 42.5 Å². The average Bonchev–Trinajstić information content (AvgIpc) is 2.90. The molecule has 0 fully saturated rings. The summed E-state index contributed by atoms with van der Waals surface area (Å²) in [5, 5.41) is 7.40. The van der Waals surface area contributed by atoms with Crippen LogP contribution in [0, 0.1) is 27.7 Å². The minimum absolute atomic E-state index is 0.0252. The highest BCUT2D eigenvalue weighted by Gasteiger charge is 2.11. The average molecular weight is 394 g/mol. The Bertz CT molecular complexity index is 990. The number of amides is 1. The largest absolute Gasteiger partial charge is 0.326 e. The van der Waals surface area contributed by atoms with Crippen molar-refractivity contribution < 1.29 is 4.79 Å². The van der Waals surface area contributed by atoms with Gasteiger partial charge >= 0.3 is 0 Å². The van der Waals surface area contributed by atoms with Crippen LogP contribution >= 0.6 is 11.8 Å². The van der Waals surface area contributed by atoms with Gasteiger partial charge in [-0.25, -0.2) is 0 Å². The summed E-state index contributed by atoms with van der Waals surface area (Å²) in [6, 6.07) is 14.5. The van der Waals surface area contributed by atoms with Crippen LogP contribution in [0.3, 0.4) is 0 Å². The highest BCUT2D eigenvalue weighted by Crippen LogP contribution is 2.29. The quantitative estimate of drug-likeness (QED) is 0.612. The lowest BCUT2D eigenvalue weighted by Gasteiger charge is -2.08. The van der Waals surface area contributed by atoms with Crippen molar-refractivity contribution in [1.29, 1.82) is 0 Å². The molecule has 0 saturated carbocycles. The number of hydrogen-bond acceptors (Lipinski definition) is 3. The molecule has 1 amide bonds. The second kappa shape index (κ2) is 8.65. The van der Waals surface area contributed by atoms with E-state index in [0.29, 0.717) is 12.8 Å². The van der Waals surface area contributed by atoms with Crippen molar-refractivity contribution >= 4 is 23.4 Å². The Morgan fingerprint density at radius 3 is 2.29 bits per heavy atom. The number of aryl methyl sites for hydroxylation is 4. The Kier molecular flexibility index (Phi) is 6.25. The van der Waals surface area contributed by atoms with Crippen molar-refractivity contribution in [3.05, 3.63) is 70.5 Å². The van der Waals surface area contributed by atoms with Gasteiger partial charge < -0.3 is 5.32 Å². The summed E-state index contributed by atoms with van der Waals surface area (Å²) in [6.07, 6.45) is 1.16. The molecule has 3 aromatic rings. The normalized spacial score (nSPS) is 10.9. The molecule has 3 rings (SSSR count). The Hall–Kier alpha value is -2.53. The Morgan fingerprint density at radius 2 is 1.68 bits per heavy atom. The van der Waals surface area contributed by atoms with Gasteiger partial charge in [0.25, 0.3) is 0 Å². The fraction of sp³-hybridized carbons (Fsp3) is 0.304. The van der Waals surface area contributed by atoms with Crippen molar-refractivity contribution in [2.24, 2.45) is 7.05 Å². The molecule has 5 heteroatoms. The lowest BCUT2D eigenvalue weighted by molar-refractivity contribution is -0.116. The van der Waals surface area contributed by atoms with E-state index in [9.17, 15) is 4.79 Å². The third-order valence-electron chi connectivity index (χ3n) is 5.11. The minimum Gasteiger partial charge on any atom is -0.326 e. The van der Waals surface area contributed by atoms with Crippen LogP contribution in [0.1, 0.15) is 34.5 Å². The van der Waals surface area contributed by atoms with Crippen LogP contribution < -0.4 is 5.32 Å². The van der Waals surface area contributed by atoms with Crippen LogP contribution in [0.15, 0.2) is 52.3 Å². The molecule has 0 aliphatic heterocycles. The first kappa shape index (κ1) is 20.2. The molecular formula is C23H27N3OS. The lowest BCUT2D eigenvalue weighted by atomic mass is 10.1. The molecule has 1 aromatic heterocycles. The molecule has 0 bridgehead atoms. The number of anilines is 1. The van der Waals surface area contributed by atoms with E-state index in [1.54, 1.807) is 11.8 Å². The SMILES string of the molecule is Cc1ccc(Sc2ccc(NC(=O)CCc3c(C)nn(C)c3C)cc2)cc1C. The summed E-state index contributed by atoms with van der Waals surface area (Å²) in [6.45, 7) is 8.29. The number of nitrogens with zero attached hydrogens (tertiary/aromatic N) is 2. The lowest BCUT2D eigenvalue weighted by Crippen LogP contribution is -2.12. The van der Waals surface area contributed by atoms with Gasteiger partial charge in [0.05, 0.1) is 5.69 Å². The molecule has 0 radical (unpaired) electrons. The number of aromatic nitrogens is 2. The first-order valence-electron chi connectivity index (χ1n) is 9.47. The van der Waals surface area contributed by atoms with Gasteiger partial charge in [-0.2, -0.15) is 5.10 Å². The monoisotopic (exact) mass is 393 g/mol. The highest BCUT2D eigenvalue weighted by molar-refractivity contribution is 7.99. The van der Waals surface area contributed by atoms with Crippen molar-refractivity contribution in [3.63, 3.8) is 0 Å². The second-order valence-electron chi connectivity index (χ2n) is 7.19. The van der Waals surface area contributed by atoms with Gasteiger partial charge in [-0.3, -0.25) is 9.48 Å². The molecule has 0 unspecified atom stereocenters. The number of nitrogens with one attached hydrogen (secondary N) is 1. The number of benzene rings is 2. The van der Waals surface area contributed by atoms with Crippen molar-refractivity contribution in [1.82, 2.24) is 9.78 Å². The predicted molar refractivity (Wildman–Crippen MR) is 116 cm³/mol. The maximum atomic E-state index is 12.3. The van der Waals surface area contributed by atoms with Crippen LogP contribution in [0.5, 0.6) is 0 Å². The Labute approximate surface area is 171 Å². The Balaban J connectivity index is 1.56. The van der Waals surface area contributed by atoms with E-state index in [0.717, 1.165) is 27.5 Å². The molecule has 2 aromatic carbocycles. The summed E-state index contributed by atoms with van der Waals surface area (Å²) in [5.41, 5.74) is 6.72. The summed E-state index contributed by atoms with van der Waals surface area (Å²) in [7, 11) is 1.93. The third kappa shape index (κ3) is 4.84. The Morgan fingerprint density at radius 1 is 1.00 bits per heavy atom. The van der Waals surface area contributed by atoms with Gasteiger partial charge in [0.2, 0.25) is 5.91 Å². The molecule has 0 spiro atoms. The number of hydrogen-bond donors (Lipinski definition) is 1. The first-order valence-corrected chi connectivity index (χ1v) is 10.3. The molecule has 0 aliphatic rings. The maximum absolute atomic E-state index is 12.3. The fourth-order valence-corrected chi connectivity index (χ4v) is 4.08. The molecule has 4 nitrogen and oxygen atoms in total. The topological polar surface area (TPSA) is 46.9 Å². The number of rotatable bonds is 6. The standard InChI is InChI=1S/C23H27N3OS/c1-15-6-9-21(14-16(15)2)28-20-10-7-19(8-11-20)24-23(27)13-12-22-17(3)25-26(5)18(22)4/h6-11,14H,12-13H2,1-5H3,(H,24,27). The summed E-state index contributed by atoms with van der Waals surface area (Å²) in [5.74, 6) is 0.0252. The smallest absolute Gasteiger partial charge is 0.224 e. The number of carbonyl (C=O) groups excluding carboxylic acids is 1. The minimum atomic E-state index is 0.0252. The van der Waals surface area contributed by atoms with E-state index in [4.69, 9.17) is 0 Å². The van der Waals surface area contributed by atoms with Gasteiger partial charge in [-0.1, -0.05) is 17.8 Å². The zero-order valence-electron chi connectivity index (χ0n) is 17.2. The van der Waals surface area contributed by atoms with Crippen LogP contribution in [0.25, 0.3) is 0 Å². The van der Waals surface area contributed by atoms with Crippen LogP contribution in [-0.2, 0) is 18.3 Å². The zero-order chi connectivity index (χ0) is 20.3. The predicted octanol–water partition coefficient (Wildman–Crippen LogP) is 5.38. The van der Waals surface area contributed by atoms with Gasteiger partial charge in [-0.15, -0.1) is 0 Å². The molecule has 0 saturated heterocycles. The van der Waals surface area contributed by atoms with Crippen molar-refractivity contribution in [2.45, 2.75) is 50.3 Å². The maximum Gasteiger partial charge on any atom is 0.224 e. The summed E-state index contributed by atoms with van der Waals surface area (Å²) in [4.78, 5) is 14.7. The van der Waals surface area contributed by atoms with E-state index < -0.39 is 0 Å². The van der Waals surface area contributed by atoms with Crippen LogP contribution in [0.2, 0.25) is 0 Å². The van der Waals surface area contributed by atoms with Crippen molar-refractivity contribution in [3.8, 4) is 0 Å².